The number of carbonyl (C=O) groups is 1. The van der Waals surface area contributed by atoms with Crippen LogP contribution < -0.4 is 10.6 Å². The second kappa shape index (κ2) is 10.6. The zero-order valence-electron chi connectivity index (χ0n) is 20.8. The van der Waals surface area contributed by atoms with Crippen LogP contribution in [0.1, 0.15) is 0 Å². The first-order chi connectivity index (χ1) is 18.0. The Kier molecular flexibility index (Phi) is 6.96. The van der Waals surface area contributed by atoms with Crippen LogP contribution in [0.5, 0.6) is 0 Å². The second-order valence-electron chi connectivity index (χ2n) is 9.13. The van der Waals surface area contributed by atoms with Gasteiger partial charge in [0.2, 0.25) is 0 Å². The molecule has 6 nitrogen and oxygen atoms in total. The third-order valence-corrected chi connectivity index (χ3v) is 6.19. The Morgan fingerprint density at radius 3 is 2.11 bits per heavy atom. The summed E-state index contributed by atoms with van der Waals surface area (Å²) >= 11 is 0. The summed E-state index contributed by atoms with van der Waals surface area (Å²) in [6.07, 6.45) is 1.82. The Morgan fingerprint density at radius 1 is 0.838 bits per heavy atom. The largest absolute Gasteiger partial charge is 0.337 e. The summed E-state index contributed by atoms with van der Waals surface area (Å²) in [6, 6.07) is 28.4. The number of nitrogens with zero attached hydrogens (tertiary/aromatic N) is 3. The van der Waals surface area contributed by atoms with Crippen molar-refractivity contribution < 1.29 is 9.18 Å². The van der Waals surface area contributed by atoms with Crippen LogP contribution in [0.25, 0.3) is 39.0 Å². The normalized spacial score (nSPS) is 11.1. The summed E-state index contributed by atoms with van der Waals surface area (Å²) in [5, 5.41) is 5.71. The average molecular weight is 494 g/mol. The van der Waals surface area contributed by atoms with E-state index in [2.05, 4.69) is 26.3 Å². The Bertz CT molecular complexity index is 1510. The molecule has 1 aromatic heterocycles. The lowest BCUT2D eigenvalue weighted by molar-refractivity contribution is 0.250. The molecular formula is C30H28FN5O. The minimum absolute atomic E-state index is 0.217. The van der Waals surface area contributed by atoms with Gasteiger partial charge >= 0.3 is 6.03 Å². The molecule has 0 spiro atoms. The number of imidazole rings is 1. The molecule has 7 heteroatoms. The first kappa shape index (κ1) is 24.2. The molecule has 2 amide bonds. The number of anilines is 1. The van der Waals surface area contributed by atoms with Gasteiger partial charge in [-0.1, -0.05) is 42.5 Å². The Labute approximate surface area is 215 Å². The maximum absolute atomic E-state index is 13.3. The quantitative estimate of drug-likeness (QED) is 0.285. The van der Waals surface area contributed by atoms with E-state index in [9.17, 15) is 9.18 Å². The van der Waals surface area contributed by atoms with Crippen LogP contribution in [-0.2, 0) is 0 Å². The number of rotatable bonds is 7. The number of carbonyl (C=O) groups excluding carboxylic acids is 1. The molecule has 0 aliphatic carbocycles. The maximum atomic E-state index is 13.3. The SMILES string of the molecule is CN(C)CCNC(=O)Nc1ccc(-c2ccc3ncn(-c4ccc(-c5ccc(F)cc5)cc4)c3c2)cc1. The summed E-state index contributed by atoms with van der Waals surface area (Å²) in [4.78, 5) is 18.7. The van der Waals surface area contributed by atoms with Crippen LogP contribution in [0.4, 0.5) is 14.9 Å². The number of hydrogen-bond acceptors (Lipinski definition) is 3. The van der Waals surface area contributed by atoms with Crippen molar-refractivity contribution in [3.63, 3.8) is 0 Å². The van der Waals surface area contributed by atoms with Gasteiger partial charge in [-0.2, -0.15) is 0 Å². The minimum Gasteiger partial charge on any atom is -0.337 e. The molecule has 1 heterocycles. The molecule has 2 N–H and O–H groups in total. The van der Waals surface area contributed by atoms with Gasteiger partial charge in [0.1, 0.15) is 12.1 Å². The monoisotopic (exact) mass is 493 g/mol. The van der Waals surface area contributed by atoms with Gasteiger partial charge in [-0.3, -0.25) is 4.57 Å². The fourth-order valence-corrected chi connectivity index (χ4v) is 4.16. The molecule has 0 aliphatic rings. The lowest BCUT2D eigenvalue weighted by Crippen LogP contribution is -2.34. The highest BCUT2D eigenvalue weighted by Crippen LogP contribution is 2.28. The summed E-state index contributed by atoms with van der Waals surface area (Å²) in [5.41, 5.74) is 7.71. The van der Waals surface area contributed by atoms with E-state index in [0.29, 0.717) is 6.54 Å². The Balaban J connectivity index is 1.33. The number of likely N-dealkylation sites (N-methyl/N-ethyl adjacent to an activating group) is 1. The van der Waals surface area contributed by atoms with Crippen LogP contribution in [0.3, 0.4) is 0 Å². The molecule has 0 unspecified atom stereocenters. The van der Waals surface area contributed by atoms with Gasteiger partial charge in [-0.15, -0.1) is 0 Å². The summed E-state index contributed by atoms with van der Waals surface area (Å²) in [5.74, 6) is -0.243. The highest BCUT2D eigenvalue weighted by Gasteiger charge is 2.09. The van der Waals surface area contributed by atoms with Crippen molar-refractivity contribution in [1.29, 1.82) is 0 Å². The van der Waals surface area contributed by atoms with Crippen molar-refractivity contribution in [2.24, 2.45) is 0 Å². The number of benzene rings is 4. The number of hydrogen-bond donors (Lipinski definition) is 2. The fraction of sp³-hybridized carbons (Fsp3) is 0.133. The van der Waals surface area contributed by atoms with E-state index in [4.69, 9.17) is 0 Å². The van der Waals surface area contributed by atoms with Crippen LogP contribution >= 0.6 is 0 Å². The number of amides is 2. The van der Waals surface area contributed by atoms with Crippen molar-refractivity contribution >= 4 is 22.8 Å². The molecule has 186 valence electrons. The first-order valence-electron chi connectivity index (χ1n) is 12.1. The van der Waals surface area contributed by atoms with Gasteiger partial charge in [-0.25, -0.2) is 14.2 Å². The molecule has 4 aromatic carbocycles. The number of aromatic nitrogens is 2. The predicted octanol–water partition coefficient (Wildman–Crippen LogP) is 6.18. The molecule has 0 atom stereocenters. The number of urea groups is 1. The molecule has 0 bridgehead atoms. The van der Waals surface area contributed by atoms with Gasteiger partial charge in [0.25, 0.3) is 0 Å². The molecule has 0 aliphatic heterocycles. The maximum Gasteiger partial charge on any atom is 0.319 e. The summed E-state index contributed by atoms with van der Waals surface area (Å²) in [7, 11) is 3.93. The number of nitrogens with one attached hydrogen (secondary N) is 2. The topological polar surface area (TPSA) is 62.2 Å². The van der Waals surface area contributed by atoms with Crippen LogP contribution in [0, 0.1) is 5.82 Å². The lowest BCUT2D eigenvalue weighted by atomic mass is 10.0. The van der Waals surface area contributed by atoms with Gasteiger partial charge < -0.3 is 15.5 Å². The van der Waals surface area contributed by atoms with Gasteiger partial charge in [0, 0.05) is 24.5 Å². The van der Waals surface area contributed by atoms with Gasteiger partial charge in [0.05, 0.1) is 11.0 Å². The lowest BCUT2D eigenvalue weighted by Gasteiger charge is -2.11. The highest BCUT2D eigenvalue weighted by atomic mass is 19.1. The molecule has 0 saturated heterocycles. The number of fused-ring (bicyclic) bond motifs is 1. The number of halogens is 1. The molecule has 0 fully saturated rings. The summed E-state index contributed by atoms with van der Waals surface area (Å²) < 4.78 is 15.3. The van der Waals surface area contributed by atoms with E-state index >= 15 is 0 Å². The van der Waals surface area contributed by atoms with Crippen LogP contribution in [-0.4, -0.2) is 47.7 Å². The highest BCUT2D eigenvalue weighted by molar-refractivity contribution is 5.90. The molecule has 37 heavy (non-hydrogen) atoms. The third kappa shape index (κ3) is 5.68. The first-order valence-corrected chi connectivity index (χ1v) is 12.1. The molecule has 0 saturated carbocycles. The predicted molar refractivity (Wildman–Crippen MR) is 147 cm³/mol. The van der Waals surface area contributed by atoms with Crippen molar-refractivity contribution in [2.45, 2.75) is 0 Å². The van der Waals surface area contributed by atoms with Crippen LogP contribution in [0.15, 0.2) is 97.3 Å². The zero-order valence-corrected chi connectivity index (χ0v) is 20.8. The molecule has 5 rings (SSSR count). The zero-order chi connectivity index (χ0) is 25.8. The molecular weight excluding hydrogens is 465 g/mol. The Hall–Kier alpha value is -4.49. The smallest absolute Gasteiger partial charge is 0.319 e. The second-order valence-corrected chi connectivity index (χ2v) is 9.13. The third-order valence-electron chi connectivity index (χ3n) is 6.19. The van der Waals surface area contributed by atoms with Gasteiger partial charge in [0.15, 0.2) is 0 Å². The Morgan fingerprint density at radius 2 is 1.43 bits per heavy atom. The fourth-order valence-electron chi connectivity index (χ4n) is 4.16. The van der Waals surface area contributed by atoms with E-state index < -0.39 is 0 Å². The average Bonchev–Trinajstić information content (AvgIpc) is 3.33. The molecule has 5 aromatic rings. The van der Waals surface area contributed by atoms with E-state index in [-0.39, 0.29) is 11.8 Å². The van der Waals surface area contributed by atoms with E-state index in [1.807, 2.05) is 86.0 Å². The van der Waals surface area contributed by atoms with Crippen molar-refractivity contribution in [3.05, 3.63) is 103 Å². The molecule has 0 radical (unpaired) electrons. The minimum atomic E-state index is -0.243. The van der Waals surface area contributed by atoms with Gasteiger partial charge in [-0.05, 0) is 84.9 Å². The van der Waals surface area contributed by atoms with E-state index in [1.54, 1.807) is 12.1 Å². The van der Waals surface area contributed by atoms with Crippen LogP contribution in [0.2, 0.25) is 0 Å². The van der Waals surface area contributed by atoms with Crippen molar-refractivity contribution in [3.8, 4) is 27.9 Å². The van der Waals surface area contributed by atoms with Crippen molar-refractivity contribution in [1.82, 2.24) is 19.8 Å². The van der Waals surface area contributed by atoms with E-state index in [0.717, 1.165) is 51.2 Å². The van der Waals surface area contributed by atoms with E-state index in [1.165, 1.54) is 12.1 Å². The summed E-state index contributed by atoms with van der Waals surface area (Å²) in [6.45, 7) is 1.36. The van der Waals surface area contributed by atoms with Crippen molar-refractivity contribution in [2.75, 3.05) is 32.5 Å². The standard InChI is InChI=1S/C30H28FN5O/c1-35(2)18-17-32-30(37)34-26-12-5-23(6-13-26)24-9-16-28-29(19-24)36(20-33-28)27-14-7-22(8-15-27)21-3-10-25(31)11-4-21/h3-16,19-20H,17-18H2,1-2H3,(H2,32,34,37).